The summed E-state index contributed by atoms with van der Waals surface area (Å²) >= 11 is 0. The first-order valence-corrected chi connectivity index (χ1v) is 11.9. The number of allylic oxidation sites excluding steroid dienone is 1. The number of nitrogens with one attached hydrogen (secondary N) is 1. The van der Waals surface area contributed by atoms with Crippen LogP contribution in [0.3, 0.4) is 0 Å². The fourth-order valence-corrected chi connectivity index (χ4v) is 8.75. The van der Waals surface area contributed by atoms with Gasteiger partial charge < -0.3 is 4.98 Å². The van der Waals surface area contributed by atoms with Crippen LogP contribution in [-0.4, -0.2) is 13.8 Å². The Bertz CT molecular complexity index is 766. The highest BCUT2D eigenvalue weighted by Gasteiger charge is 2.40. The van der Waals surface area contributed by atoms with Crippen molar-refractivity contribution in [2.75, 3.05) is 0 Å². The minimum atomic E-state index is -1.66. The summed E-state index contributed by atoms with van der Waals surface area (Å²) in [6.45, 7) is 14.1. The Morgan fingerprint density at radius 1 is 0.917 bits per heavy atom. The van der Waals surface area contributed by atoms with Crippen molar-refractivity contribution in [2.45, 2.75) is 51.9 Å². The summed E-state index contributed by atoms with van der Waals surface area (Å²) in [5.41, 5.74) is 7.77. The van der Waals surface area contributed by atoms with Gasteiger partial charge in [-0.1, -0.05) is 73.3 Å². The van der Waals surface area contributed by atoms with Crippen LogP contribution in [0, 0.1) is 0 Å². The largest absolute Gasteiger partial charge is 0.332 e. The third kappa shape index (κ3) is 3.26. The molecule has 1 nitrogen and oxygen atoms in total. The number of benzene rings is 2. The van der Waals surface area contributed by atoms with Crippen LogP contribution < -0.4 is 4.98 Å². The van der Waals surface area contributed by atoms with Gasteiger partial charge in [-0.15, -0.1) is 0 Å². The zero-order valence-corrected chi connectivity index (χ0v) is 16.8. The molecule has 2 aromatic carbocycles. The molecule has 2 heteroatoms. The lowest BCUT2D eigenvalue weighted by Gasteiger charge is -2.39. The molecule has 0 spiro atoms. The van der Waals surface area contributed by atoms with Crippen LogP contribution in [0.15, 0.2) is 54.1 Å². The maximum absolute atomic E-state index is 3.97. The first-order valence-electron chi connectivity index (χ1n) is 8.85. The number of hydrogen-bond acceptors (Lipinski definition) is 1. The van der Waals surface area contributed by atoms with Gasteiger partial charge >= 0.3 is 0 Å². The van der Waals surface area contributed by atoms with E-state index in [1.807, 2.05) is 0 Å². The maximum Gasteiger partial charge on any atom is 0.131 e. The lowest BCUT2D eigenvalue weighted by molar-refractivity contribution is 0.508. The fraction of sp³-hybridized carbons (Fsp3) is 0.364. The smallest absolute Gasteiger partial charge is 0.131 e. The molecular formula is C22H29NSi. The quantitative estimate of drug-likeness (QED) is 0.680. The average Bonchev–Trinajstić information content (AvgIpc) is 2.82. The summed E-state index contributed by atoms with van der Waals surface area (Å²) in [6, 6.07) is 17.6. The molecule has 1 atom stereocenters. The van der Waals surface area contributed by atoms with Crippen molar-refractivity contribution < 1.29 is 0 Å². The van der Waals surface area contributed by atoms with Crippen LogP contribution in [0.2, 0.25) is 13.1 Å². The zero-order valence-electron chi connectivity index (χ0n) is 15.8. The van der Waals surface area contributed by atoms with Gasteiger partial charge in [0, 0.05) is 11.1 Å². The van der Waals surface area contributed by atoms with Crippen LogP contribution in [0.4, 0.5) is 0 Å². The molecule has 2 aromatic rings. The molecule has 0 aromatic heterocycles. The van der Waals surface area contributed by atoms with Crippen molar-refractivity contribution in [3.05, 3.63) is 65.2 Å². The highest BCUT2D eigenvalue weighted by atomic mass is 28.3. The van der Waals surface area contributed by atoms with Gasteiger partial charge in [-0.2, -0.15) is 0 Å². The molecule has 0 radical (unpaired) electrons. The van der Waals surface area contributed by atoms with E-state index in [1.165, 1.54) is 27.8 Å². The molecule has 1 N–H and O–H groups in total. The normalized spacial score (nSPS) is 17.6. The second-order valence-electron chi connectivity index (χ2n) is 8.59. The molecule has 1 aliphatic carbocycles. The van der Waals surface area contributed by atoms with E-state index in [0.717, 1.165) is 0 Å². The highest BCUT2D eigenvalue weighted by molar-refractivity contribution is 6.77. The third-order valence-corrected chi connectivity index (χ3v) is 8.39. The van der Waals surface area contributed by atoms with Crippen molar-refractivity contribution in [3.63, 3.8) is 0 Å². The number of hydrogen-bond donors (Lipinski definition) is 1. The molecule has 0 fully saturated rings. The Morgan fingerprint density at radius 2 is 1.58 bits per heavy atom. The van der Waals surface area contributed by atoms with Crippen molar-refractivity contribution in [3.8, 4) is 11.1 Å². The van der Waals surface area contributed by atoms with Crippen molar-refractivity contribution in [1.82, 2.24) is 4.98 Å². The summed E-state index contributed by atoms with van der Waals surface area (Å²) in [5, 5.41) is 0. The summed E-state index contributed by atoms with van der Waals surface area (Å²) in [4.78, 5) is 3.97. The van der Waals surface area contributed by atoms with Gasteiger partial charge in [0.25, 0.3) is 0 Å². The Kier molecular flexibility index (Phi) is 4.31. The van der Waals surface area contributed by atoms with Crippen LogP contribution in [0.5, 0.6) is 0 Å². The van der Waals surface area contributed by atoms with Crippen molar-refractivity contribution in [1.29, 1.82) is 0 Å². The first-order chi connectivity index (χ1) is 11.2. The van der Waals surface area contributed by atoms with E-state index < -0.39 is 8.24 Å². The van der Waals surface area contributed by atoms with E-state index in [9.17, 15) is 0 Å². The Hall–Kier alpha value is -1.64. The van der Waals surface area contributed by atoms with Gasteiger partial charge in [0.05, 0.1) is 0 Å². The Morgan fingerprint density at radius 3 is 2.21 bits per heavy atom. The molecule has 24 heavy (non-hydrogen) atoms. The van der Waals surface area contributed by atoms with E-state index in [0.29, 0.717) is 5.54 Å². The van der Waals surface area contributed by atoms with E-state index in [4.69, 9.17) is 0 Å². The van der Waals surface area contributed by atoms with Gasteiger partial charge in [0.15, 0.2) is 0 Å². The average molecular weight is 336 g/mol. The first kappa shape index (κ1) is 17.2. The van der Waals surface area contributed by atoms with Gasteiger partial charge in [-0.05, 0) is 49.9 Å². The fourth-order valence-electron chi connectivity index (χ4n) is 4.42. The van der Waals surface area contributed by atoms with E-state index >= 15 is 0 Å². The van der Waals surface area contributed by atoms with Gasteiger partial charge in [-0.25, -0.2) is 0 Å². The molecule has 0 saturated heterocycles. The van der Waals surface area contributed by atoms with Crippen molar-refractivity contribution >= 4 is 14.3 Å². The van der Waals surface area contributed by atoms with Gasteiger partial charge in [0.2, 0.25) is 0 Å². The van der Waals surface area contributed by atoms with E-state index in [-0.39, 0.29) is 5.54 Å². The SMILES string of the molecule is CC1=Cc2c(-c3ccccc3)cccc2C1[Si](C)(C)NC(C)(C)C. The molecule has 0 bridgehead atoms. The summed E-state index contributed by atoms with van der Waals surface area (Å²) < 4.78 is 0. The Labute approximate surface area is 147 Å². The zero-order chi connectivity index (χ0) is 17.5. The lowest BCUT2D eigenvalue weighted by atomic mass is 9.97. The second-order valence-corrected chi connectivity index (χ2v) is 12.9. The summed E-state index contributed by atoms with van der Waals surface area (Å²) in [5.74, 6) is 0. The highest BCUT2D eigenvalue weighted by Crippen LogP contribution is 2.44. The molecule has 0 saturated carbocycles. The summed E-state index contributed by atoms with van der Waals surface area (Å²) in [7, 11) is -1.66. The minimum absolute atomic E-state index is 0.149. The topological polar surface area (TPSA) is 12.0 Å². The molecule has 1 aliphatic rings. The third-order valence-electron chi connectivity index (χ3n) is 4.78. The standard InChI is InChI=1S/C22H29NSi/c1-16-15-20-18(17-11-8-7-9-12-17)13-10-14-19(20)21(16)24(5,6)23-22(2,3)4/h7-15,21,23H,1-6H3. The van der Waals surface area contributed by atoms with Gasteiger partial charge in [0.1, 0.15) is 8.24 Å². The van der Waals surface area contributed by atoms with E-state index in [2.05, 4.69) is 100 Å². The molecule has 126 valence electrons. The number of fused-ring (bicyclic) bond motifs is 1. The van der Waals surface area contributed by atoms with Crippen LogP contribution in [0.1, 0.15) is 44.4 Å². The predicted octanol–water partition coefficient (Wildman–Crippen LogP) is 5.99. The van der Waals surface area contributed by atoms with Gasteiger partial charge in [-0.3, -0.25) is 0 Å². The van der Waals surface area contributed by atoms with Crippen LogP contribution in [0.25, 0.3) is 17.2 Å². The number of rotatable bonds is 3. The lowest BCUT2D eigenvalue weighted by Crippen LogP contribution is -2.58. The van der Waals surface area contributed by atoms with E-state index in [1.54, 1.807) is 0 Å². The summed E-state index contributed by atoms with van der Waals surface area (Å²) in [6.07, 6.45) is 2.42. The molecule has 3 rings (SSSR count). The molecular weight excluding hydrogens is 306 g/mol. The predicted molar refractivity (Wildman–Crippen MR) is 109 cm³/mol. The molecule has 0 heterocycles. The maximum atomic E-state index is 3.97. The minimum Gasteiger partial charge on any atom is -0.332 e. The molecule has 1 unspecified atom stereocenters. The second kappa shape index (κ2) is 6.02. The van der Waals surface area contributed by atoms with Crippen molar-refractivity contribution in [2.24, 2.45) is 0 Å². The monoisotopic (exact) mass is 335 g/mol. The van der Waals surface area contributed by atoms with Crippen LogP contribution >= 0.6 is 0 Å². The molecule has 0 amide bonds. The molecule has 0 aliphatic heterocycles. The Balaban J connectivity index is 2.08. The van der Waals surface area contributed by atoms with Crippen LogP contribution in [-0.2, 0) is 0 Å².